The highest BCUT2D eigenvalue weighted by Gasteiger charge is 2.34. The molecule has 0 unspecified atom stereocenters. The van der Waals surface area contributed by atoms with Gasteiger partial charge in [-0.2, -0.15) is 5.10 Å². The average Bonchev–Trinajstić information content (AvgIpc) is 3.21. The van der Waals surface area contributed by atoms with E-state index in [1.54, 1.807) is 0 Å². The fourth-order valence-electron chi connectivity index (χ4n) is 4.19. The molecule has 2 heterocycles. The zero-order valence-electron chi connectivity index (χ0n) is 18.8. The first-order chi connectivity index (χ1) is 15.6. The summed E-state index contributed by atoms with van der Waals surface area (Å²) >= 11 is 0. The molecule has 3 aromatic rings. The maximum absolute atomic E-state index is 11.1. The van der Waals surface area contributed by atoms with E-state index in [0.717, 1.165) is 50.4 Å². The van der Waals surface area contributed by atoms with E-state index in [2.05, 4.69) is 22.1 Å². The van der Waals surface area contributed by atoms with E-state index < -0.39 is 5.60 Å². The zero-order chi connectivity index (χ0) is 22.2. The molecule has 1 saturated heterocycles. The molecule has 0 spiro atoms. The van der Waals surface area contributed by atoms with Gasteiger partial charge in [-0.15, -0.1) is 0 Å². The van der Waals surface area contributed by atoms with Crippen LogP contribution in [-0.2, 0) is 13.1 Å². The quantitative estimate of drug-likeness (QED) is 0.487. The number of rotatable bonds is 10. The largest absolute Gasteiger partial charge is 0.494 e. The number of hydrogen-bond donors (Lipinski definition) is 1. The van der Waals surface area contributed by atoms with Crippen LogP contribution in [0.2, 0.25) is 0 Å². The van der Waals surface area contributed by atoms with Gasteiger partial charge in [0, 0.05) is 32.3 Å². The summed E-state index contributed by atoms with van der Waals surface area (Å²) in [4.78, 5) is 2.30. The minimum atomic E-state index is -0.826. The fraction of sp³-hybridized carbons (Fsp3) is 0.423. The lowest BCUT2D eigenvalue weighted by atomic mass is 9.93. The first-order valence-electron chi connectivity index (χ1n) is 11.4. The molecule has 0 amide bonds. The van der Waals surface area contributed by atoms with Gasteiger partial charge in [0.05, 0.1) is 12.8 Å². The van der Waals surface area contributed by atoms with Crippen LogP contribution in [0, 0.1) is 6.92 Å². The van der Waals surface area contributed by atoms with Crippen molar-refractivity contribution in [2.45, 2.75) is 44.9 Å². The minimum absolute atomic E-state index is 0.312. The number of aryl methyl sites for hydroxylation is 2. The molecule has 4 rings (SSSR count). The number of ether oxygens (including phenoxy) is 2. The van der Waals surface area contributed by atoms with Crippen molar-refractivity contribution >= 4 is 0 Å². The van der Waals surface area contributed by atoms with Gasteiger partial charge in [0.2, 0.25) is 0 Å². The van der Waals surface area contributed by atoms with Crippen molar-refractivity contribution in [1.82, 2.24) is 14.7 Å². The van der Waals surface area contributed by atoms with Gasteiger partial charge < -0.3 is 14.6 Å². The second kappa shape index (κ2) is 10.7. The van der Waals surface area contributed by atoms with Gasteiger partial charge in [0.25, 0.3) is 0 Å². The number of β-amino-alcohol motifs (C(OH)–C–C–N with tert-alkyl or cyclic N) is 1. The van der Waals surface area contributed by atoms with Crippen LogP contribution in [0.15, 0.2) is 67.0 Å². The second-order valence-corrected chi connectivity index (χ2v) is 8.77. The van der Waals surface area contributed by atoms with E-state index in [9.17, 15) is 5.11 Å². The zero-order valence-corrected chi connectivity index (χ0v) is 18.8. The molecular formula is C26H33N3O3. The van der Waals surface area contributed by atoms with E-state index in [1.807, 2.05) is 66.5 Å². The molecule has 1 aromatic heterocycles. The molecule has 6 heteroatoms. The second-order valence-electron chi connectivity index (χ2n) is 8.77. The van der Waals surface area contributed by atoms with Gasteiger partial charge in [-0.25, -0.2) is 0 Å². The number of para-hydroxylation sites is 1. The lowest BCUT2D eigenvalue weighted by Crippen LogP contribution is -2.51. The Morgan fingerprint density at radius 1 is 1.06 bits per heavy atom. The summed E-state index contributed by atoms with van der Waals surface area (Å²) in [5.74, 6) is 1.68. The molecule has 6 nitrogen and oxygen atoms in total. The van der Waals surface area contributed by atoms with Crippen molar-refractivity contribution in [2.75, 3.05) is 26.3 Å². The molecule has 1 aliphatic heterocycles. The van der Waals surface area contributed by atoms with Crippen LogP contribution in [0.1, 0.15) is 30.4 Å². The Labute approximate surface area is 190 Å². The molecule has 1 aliphatic rings. The van der Waals surface area contributed by atoms with E-state index in [1.165, 1.54) is 11.1 Å². The summed E-state index contributed by atoms with van der Waals surface area (Å²) in [7, 11) is 0. The van der Waals surface area contributed by atoms with Crippen LogP contribution >= 0.6 is 0 Å². The maximum atomic E-state index is 11.1. The minimum Gasteiger partial charge on any atom is -0.494 e. The molecule has 0 radical (unpaired) electrons. The third-order valence-electron chi connectivity index (χ3n) is 5.75. The van der Waals surface area contributed by atoms with Gasteiger partial charge in [0.1, 0.15) is 23.7 Å². The number of nitrogens with zero attached hydrogens (tertiary/aromatic N) is 3. The van der Waals surface area contributed by atoms with Crippen molar-refractivity contribution in [3.05, 3.63) is 78.1 Å². The van der Waals surface area contributed by atoms with E-state index in [4.69, 9.17) is 9.47 Å². The molecule has 0 bridgehead atoms. The summed E-state index contributed by atoms with van der Waals surface area (Å²) in [6.07, 6.45) is 6.55. The molecule has 0 aliphatic carbocycles. The van der Waals surface area contributed by atoms with E-state index in [-0.39, 0.29) is 0 Å². The highest BCUT2D eigenvalue weighted by Crippen LogP contribution is 2.25. The van der Waals surface area contributed by atoms with Crippen LogP contribution < -0.4 is 9.47 Å². The van der Waals surface area contributed by atoms with Crippen molar-refractivity contribution in [1.29, 1.82) is 0 Å². The number of piperidine rings is 1. The van der Waals surface area contributed by atoms with Gasteiger partial charge in [0.15, 0.2) is 0 Å². The Balaban J connectivity index is 1.25. The Hall–Kier alpha value is -2.83. The number of aromatic nitrogens is 2. The Morgan fingerprint density at radius 2 is 1.91 bits per heavy atom. The fourth-order valence-corrected chi connectivity index (χ4v) is 4.19. The van der Waals surface area contributed by atoms with Crippen LogP contribution in [0.25, 0.3) is 0 Å². The van der Waals surface area contributed by atoms with Crippen molar-refractivity contribution in [2.24, 2.45) is 0 Å². The predicted octanol–water partition coefficient (Wildman–Crippen LogP) is 4.07. The first kappa shape index (κ1) is 22.4. The summed E-state index contributed by atoms with van der Waals surface area (Å²) < 4.78 is 13.8. The van der Waals surface area contributed by atoms with Crippen LogP contribution in [0.5, 0.6) is 11.5 Å². The normalized spacial score (nSPS) is 19.1. The maximum Gasteiger partial charge on any atom is 0.119 e. The van der Waals surface area contributed by atoms with Crippen LogP contribution in [-0.4, -0.2) is 51.7 Å². The Bertz CT molecular complexity index is 975. The molecule has 2 aromatic carbocycles. The smallest absolute Gasteiger partial charge is 0.119 e. The molecular weight excluding hydrogens is 402 g/mol. The summed E-state index contributed by atoms with van der Waals surface area (Å²) in [6.45, 7) is 6.23. The SMILES string of the molecule is Cc1cnn(CCCOc2cccc(CN3CCC[C@](O)(COc4ccccc4)C3)c2)c1. The van der Waals surface area contributed by atoms with Gasteiger partial charge in [-0.1, -0.05) is 30.3 Å². The monoisotopic (exact) mass is 435 g/mol. The van der Waals surface area contributed by atoms with Gasteiger partial charge >= 0.3 is 0 Å². The highest BCUT2D eigenvalue weighted by atomic mass is 16.5. The Morgan fingerprint density at radius 3 is 2.72 bits per heavy atom. The standard InChI is InChI=1S/C26H33N3O3/c1-22-17-27-29(18-22)14-7-15-31-25-11-5-8-23(16-25)19-28-13-6-12-26(30,20-28)21-32-24-9-3-2-4-10-24/h2-5,8-11,16-18,30H,6-7,12-15,19-21H2,1H3/t26-/m1/s1. The van der Waals surface area contributed by atoms with Crippen molar-refractivity contribution in [3.8, 4) is 11.5 Å². The van der Waals surface area contributed by atoms with Gasteiger partial charge in [-0.05, 0) is 61.7 Å². The number of likely N-dealkylation sites (tertiary alicyclic amines) is 1. The van der Waals surface area contributed by atoms with Crippen LogP contribution in [0.4, 0.5) is 0 Å². The van der Waals surface area contributed by atoms with Crippen LogP contribution in [0.3, 0.4) is 0 Å². The van der Waals surface area contributed by atoms with Gasteiger partial charge in [-0.3, -0.25) is 9.58 Å². The summed E-state index contributed by atoms with van der Waals surface area (Å²) in [6, 6.07) is 18.0. The number of aliphatic hydroxyl groups is 1. The molecule has 0 saturated carbocycles. The molecule has 1 atom stereocenters. The lowest BCUT2D eigenvalue weighted by Gasteiger charge is -2.39. The van der Waals surface area contributed by atoms with E-state index in [0.29, 0.717) is 19.8 Å². The predicted molar refractivity (Wildman–Crippen MR) is 125 cm³/mol. The molecule has 1 N–H and O–H groups in total. The molecule has 1 fully saturated rings. The summed E-state index contributed by atoms with van der Waals surface area (Å²) in [5, 5.41) is 15.4. The topological polar surface area (TPSA) is 59.8 Å². The third-order valence-corrected chi connectivity index (χ3v) is 5.75. The van der Waals surface area contributed by atoms with Crippen molar-refractivity contribution in [3.63, 3.8) is 0 Å². The number of benzene rings is 2. The number of hydrogen-bond acceptors (Lipinski definition) is 5. The average molecular weight is 436 g/mol. The third kappa shape index (κ3) is 6.58. The summed E-state index contributed by atoms with van der Waals surface area (Å²) in [5.41, 5.74) is 1.54. The highest BCUT2D eigenvalue weighted by molar-refractivity contribution is 5.28. The molecule has 170 valence electrons. The van der Waals surface area contributed by atoms with Crippen molar-refractivity contribution < 1.29 is 14.6 Å². The first-order valence-corrected chi connectivity index (χ1v) is 11.4. The van der Waals surface area contributed by atoms with E-state index >= 15 is 0 Å². The lowest BCUT2D eigenvalue weighted by molar-refractivity contribution is -0.0621. The molecule has 32 heavy (non-hydrogen) atoms. The Kier molecular flexibility index (Phi) is 7.45.